The fourth-order valence-corrected chi connectivity index (χ4v) is 5.34. The van der Waals surface area contributed by atoms with Crippen LogP contribution >= 0.6 is 23.2 Å². The highest BCUT2D eigenvalue weighted by molar-refractivity contribution is 7.84. The summed E-state index contributed by atoms with van der Waals surface area (Å²) in [5, 5.41) is 2.56. The fourth-order valence-electron chi connectivity index (χ4n) is 4.52. The zero-order valence-corrected chi connectivity index (χ0v) is 23.6. The molecule has 0 fully saturated rings. The minimum absolute atomic E-state index is 0.168. The number of hydrogen-bond acceptors (Lipinski definition) is 4. The molecule has 5 rings (SSSR count). The fraction of sp³-hybridized carbons (Fsp3) is 0.276. The van der Waals surface area contributed by atoms with E-state index in [1.54, 1.807) is 25.5 Å². The van der Waals surface area contributed by atoms with E-state index in [4.69, 9.17) is 32.7 Å². The molecule has 200 valence electrons. The van der Waals surface area contributed by atoms with Crippen molar-refractivity contribution in [1.82, 2.24) is 9.88 Å². The molecule has 1 amide bonds. The van der Waals surface area contributed by atoms with E-state index >= 15 is 0 Å². The summed E-state index contributed by atoms with van der Waals surface area (Å²) in [5.74, 6) is 2.24. The highest BCUT2D eigenvalue weighted by atomic mass is 35.5. The summed E-state index contributed by atoms with van der Waals surface area (Å²) in [7, 11) is 0.833. The second kappa shape index (κ2) is 13.2. The molecule has 1 aliphatic heterocycles. The lowest BCUT2D eigenvalue weighted by atomic mass is 9.93. The van der Waals surface area contributed by atoms with Crippen LogP contribution in [-0.2, 0) is 22.0 Å². The van der Waals surface area contributed by atoms with Gasteiger partial charge in [-0.15, -0.1) is 0 Å². The minimum Gasteiger partial charge on any atom is -0.497 e. The van der Waals surface area contributed by atoms with E-state index in [0.29, 0.717) is 23.9 Å². The van der Waals surface area contributed by atoms with Crippen LogP contribution in [-0.4, -0.2) is 52.8 Å². The average Bonchev–Trinajstić information content (AvgIpc) is 3.29. The van der Waals surface area contributed by atoms with E-state index in [1.165, 1.54) is 5.56 Å². The number of ether oxygens (including phenoxy) is 2. The molecule has 4 aromatic rings. The molecule has 0 bridgehead atoms. The summed E-state index contributed by atoms with van der Waals surface area (Å²) in [6.07, 6.45) is 4.17. The molecule has 2 atom stereocenters. The summed E-state index contributed by atoms with van der Waals surface area (Å²) < 4.78 is 21.8. The molecule has 1 unspecified atom stereocenters. The largest absolute Gasteiger partial charge is 0.497 e. The van der Waals surface area contributed by atoms with Gasteiger partial charge in [0.15, 0.2) is 0 Å². The van der Waals surface area contributed by atoms with Crippen molar-refractivity contribution in [3.05, 3.63) is 93.6 Å². The van der Waals surface area contributed by atoms with Gasteiger partial charge < -0.3 is 19.4 Å². The number of carbonyl (C=O) groups excluding carboxylic acids is 1. The molecule has 2 heterocycles. The number of fused-ring (bicyclic) bond motifs is 3. The van der Waals surface area contributed by atoms with Crippen molar-refractivity contribution in [1.29, 1.82) is 0 Å². The van der Waals surface area contributed by atoms with Crippen molar-refractivity contribution >= 4 is 51.3 Å². The molecular formula is C29H30Cl2N2O4S. The van der Waals surface area contributed by atoms with Crippen molar-refractivity contribution in [3.63, 3.8) is 0 Å². The summed E-state index contributed by atoms with van der Waals surface area (Å²) in [6, 6.07) is 20.8. The summed E-state index contributed by atoms with van der Waals surface area (Å²) >= 11 is 11.8. The van der Waals surface area contributed by atoms with Gasteiger partial charge in [-0.25, -0.2) is 0 Å². The van der Waals surface area contributed by atoms with Gasteiger partial charge in [-0.1, -0.05) is 35.3 Å². The van der Waals surface area contributed by atoms with Crippen LogP contribution < -0.4 is 9.47 Å². The molecule has 1 aromatic heterocycles. The Labute approximate surface area is 235 Å². The van der Waals surface area contributed by atoms with E-state index in [2.05, 4.69) is 4.98 Å². The number of carbonyl (C=O) groups is 1. The van der Waals surface area contributed by atoms with E-state index in [1.807, 2.05) is 59.5 Å². The van der Waals surface area contributed by atoms with Gasteiger partial charge in [0.25, 0.3) is 0 Å². The highest BCUT2D eigenvalue weighted by Crippen LogP contribution is 2.38. The lowest BCUT2D eigenvalue weighted by Crippen LogP contribution is -2.34. The second-order valence-corrected chi connectivity index (χ2v) is 11.3. The molecule has 1 aliphatic rings. The van der Waals surface area contributed by atoms with Crippen LogP contribution in [0, 0.1) is 0 Å². The summed E-state index contributed by atoms with van der Waals surface area (Å²) in [5.41, 5.74) is 4.32. The molecule has 0 aliphatic carbocycles. The second-order valence-electron chi connectivity index (χ2n) is 8.91. The van der Waals surface area contributed by atoms with Crippen LogP contribution in [0.4, 0.5) is 0 Å². The van der Waals surface area contributed by atoms with Crippen molar-refractivity contribution < 1.29 is 18.5 Å². The van der Waals surface area contributed by atoms with Gasteiger partial charge in [0, 0.05) is 56.0 Å². The Morgan fingerprint density at radius 1 is 1.03 bits per heavy atom. The molecule has 6 nitrogen and oxygen atoms in total. The van der Waals surface area contributed by atoms with Crippen molar-refractivity contribution in [2.75, 3.05) is 32.3 Å². The first-order chi connectivity index (χ1) is 18.4. The van der Waals surface area contributed by atoms with Crippen LogP contribution in [0.3, 0.4) is 0 Å². The van der Waals surface area contributed by atoms with Gasteiger partial charge in [0.05, 0.1) is 19.8 Å². The zero-order chi connectivity index (χ0) is 27.1. The van der Waals surface area contributed by atoms with E-state index in [0.717, 1.165) is 57.9 Å². The highest BCUT2D eigenvalue weighted by Gasteiger charge is 2.31. The van der Waals surface area contributed by atoms with E-state index in [-0.39, 0.29) is 6.04 Å². The number of hydrogen-bond donors (Lipinski definition) is 1. The number of rotatable bonds is 8. The Balaban J connectivity index is 0.000000317. The third kappa shape index (κ3) is 6.90. The van der Waals surface area contributed by atoms with Gasteiger partial charge in [-0.05, 0) is 78.6 Å². The number of aromatic nitrogens is 1. The topological polar surface area (TPSA) is 71.6 Å². The van der Waals surface area contributed by atoms with Crippen LogP contribution in [0.1, 0.15) is 29.3 Å². The Bertz CT molecular complexity index is 1390. The number of halogens is 2. The first-order valence-electron chi connectivity index (χ1n) is 12.2. The van der Waals surface area contributed by atoms with Gasteiger partial charge in [0.2, 0.25) is 6.41 Å². The normalized spacial score (nSPS) is 15.3. The Hall–Kier alpha value is -3.00. The monoisotopic (exact) mass is 572 g/mol. The number of amides is 1. The molecule has 9 heteroatoms. The van der Waals surface area contributed by atoms with Gasteiger partial charge in [-0.3, -0.25) is 9.00 Å². The first kappa shape index (κ1) is 28.0. The molecule has 1 N–H and O–H groups in total. The minimum atomic E-state index is -0.796. The SMILES string of the molecule is COc1ccc(Cl)cc1.CS(=O)CCCOc1ccc([C@H]2c3[nH]c4ccc(Cl)cc4c3CCN2C=O)cc1. The summed E-state index contributed by atoms with van der Waals surface area (Å²) in [4.78, 5) is 17.1. The Morgan fingerprint density at radius 3 is 2.37 bits per heavy atom. The predicted octanol–water partition coefficient (Wildman–Crippen LogP) is 6.42. The molecule has 0 spiro atoms. The number of H-pyrrole nitrogens is 1. The number of methoxy groups -OCH3 is 1. The summed E-state index contributed by atoms with van der Waals surface area (Å²) in [6.45, 7) is 1.20. The predicted molar refractivity (Wildman–Crippen MR) is 155 cm³/mol. The average molecular weight is 574 g/mol. The molecule has 0 radical (unpaired) electrons. The molecule has 3 aromatic carbocycles. The van der Waals surface area contributed by atoms with Crippen molar-refractivity contribution in [2.45, 2.75) is 18.9 Å². The third-order valence-electron chi connectivity index (χ3n) is 6.35. The Kier molecular flexibility index (Phi) is 9.72. The maximum absolute atomic E-state index is 11.8. The number of aromatic amines is 1. The standard InChI is InChI=1S/C22H23ClN2O3S.C7H7ClO/c1-29(27)12-2-11-28-17-6-3-15(4-7-17)22-21-18(9-10-25(22)14-26)19-13-16(23)5-8-20(19)24-21;1-9-7-4-2-6(8)3-5-7/h3-8,13-14,22,24H,2,9-12H2,1H3;2-5H,1H3/t22-,29?;/m0./s1. The molecule has 38 heavy (non-hydrogen) atoms. The van der Waals surface area contributed by atoms with Crippen LogP contribution in [0.2, 0.25) is 10.0 Å². The van der Waals surface area contributed by atoms with Crippen LogP contribution in [0.5, 0.6) is 11.5 Å². The lowest BCUT2D eigenvalue weighted by Gasteiger charge is -2.33. The Morgan fingerprint density at radius 2 is 1.71 bits per heavy atom. The number of benzene rings is 3. The van der Waals surface area contributed by atoms with Crippen LogP contribution in [0.25, 0.3) is 10.9 Å². The quantitative estimate of drug-likeness (QED) is 0.195. The smallest absolute Gasteiger partial charge is 0.210 e. The van der Waals surface area contributed by atoms with Crippen LogP contribution in [0.15, 0.2) is 66.7 Å². The van der Waals surface area contributed by atoms with Gasteiger partial charge in [-0.2, -0.15) is 0 Å². The van der Waals surface area contributed by atoms with Crippen molar-refractivity contribution in [2.24, 2.45) is 0 Å². The first-order valence-corrected chi connectivity index (χ1v) is 14.7. The zero-order valence-electron chi connectivity index (χ0n) is 21.3. The van der Waals surface area contributed by atoms with E-state index in [9.17, 15) is 9.00 Å². The third-order valence-corrected chi connectivity index (χ3v) is 7.70. The number of nitrogens with one attached hydrogen (secondary N) is 1. The maximum Gasteiger partial charge on any atom is 0.210 e. The molecule has 0 saturated heterocycles. The lowest BCUT2D eigenvalue weighted by molar-refractivity contribution is -0.120. The number of nitrogens with zero attached hydrogens (tertiary/aromatic N) is 1. The maximum atomic E-state index is 11.8. The molecule has 0 saturated carbocycles. The molecular weight excluding hydrogens is 543 g/mol. The van der Waals surface area contributed by atoms with Gasteiger partial charge in [0.1, 0.15) is 11.5 Å². The van der Waals surface area contributed by atoms with E-state index < -0.39 is 10.8 Å². The van der Waals surface area contributed by atoms with Gasteiger partial charge >= 0.3 is 0 Å². The van der Waals surface area contributed by atoms with Crippen molar-refractivity contribution in [3.8, 4) is 11.5 Å².